The maximum Gasteiger partial charge on any atom is 0.267 e. The van der Waals surface area contributed by atoms with Gasteiger partial charge in [0.25, 0.3) is 5.91 Å². The molecule has 0 aliphatic rings. The van der Waals surface area contributed by atoms with Crippen LogP contribution in [0.4, 0.5) is 5.69 Å². The van der Waals surface area contributed by atoms with Crippen molar-refractivity contribution >= 4 is 34.8 Å². The molecule has 0 unspecified atom stereocenters. The summed E-state index contributed by atoms with van der Waals surface area (Å²) in [6, 6.07) is 6.73. The third-order valence-corrected chi connectivity index (χ3v) is 3.42. The van der Waals surface area contributed by atoms with Crippen LogP contribution in [0.2, 0.25) is 10.0 Å². The molecule has 0 fully saturated rings. The van der Waals surface area contributed by atoms with Gasteiger partial charge in [-0.3, -0.25) is 4.79 Å². The third-order valence-electron chi connectivity index (χ3n) is 2.60. The lowest BCUT2D eigenvalue weighted by Crippen LogP contribution is -2.21. The summed E-state index contributed by atoms with van der Waals surface area (Å²) in [5, 5.41) is 12.3. The largest absolute Gasteiger partial charge is 0.369 e. The Morgan fingerprint density at radius 3 is 2.50 bits per heavy atom. The Labute approximate surface area is 139 Å². The zero-order valence-corrected chi connectivity index (χ0v) is 13.4. The topological polar surface area (TPSA) is 56.1 Å². The summed E-state index contributed by atoms with van der Waals surface area (Å²) < 4.78 is 0. The highest BCUT2D eigenvalue weighted by atomic mass is 35.5. The molecule has 0 radical (unpaired) electrons. The predicted molar refractivity (Wildman–Crippen MR) is 90.8 cm³/mol. The first kappa shape index (κ1) is 17.8. The van der Waals surface area contributed by atoms with Crippen molar-refractivity contribution in [3.05, 3.63) is 65.3 Å². The van der Waals surface area contributed by atoms with Crippen molar-refractivity contribution in [2.24, 2.45) is 0 Å². The molecule has 1 aromatic rings. The Hall–Kier alpha value is -2.22. The fraction of sp³-hybridized carbons (Fsp3) is 0.125. The molecular formula is C16H15Cl2N3O. The maximum atomic E-state index is 12.2. The van der Waals surface area contributed by atoms with E-state index in [-0.39, 0.29) is 10.6 Å². The third kappa shape index (κ3) is 4.96. The molecule has 0 saturated heterocycles. The molecule has 4 nitrogen and oxygen atoms in total. The van der Waals surface area contributed by atoms with E-state index in [1.165, 1.54) is 6.20 Å². The summed E-state index contributed by atoms with van der Waals surface area (Å²) in [6.07, 6.45) is 4.79. The van der Waals surface area contributed by atoms with Gasteiger partial charge in [-0.25, -0.2) is 0 Å². The molecular weight excluding hydrogens is 321 g/mol. The molecule has 1 N–H and O–H groups in total. The van der Waals surface area contributed by atoms with Crippen molar-refractivity contribution in [1.82, 2.24) is 4.90 Å². The van der Waals surface area contributed by atoms with Gasteiger partial charge in [0.05, 0.1) is 15.7 Å². The zero-order valence-electron chi connectivity index (χ0n) is 11.9. The van der Waals surface area contributed by atoms with Crippen molar-refractivity contribution in [3.63, 3.8) is 0 Å². The van der Waals surface area contributed by atoms with Gasteiger partial charge in [-0.1, -0.05) is 41.4 Å². The Balaban J connectivity index is 2.97. The summed E-state index contributed by atoms with van der Waals surface area (Å²) in [5.41, 5.74) is 0.291. The smallest absolute Gasteiger partial charge is 0.267 e. The van der Waals surface area contributed by atoms with Crippen LogP contribution in [0, 0.1) is 11.3 Å². The Bertz CT molecular complexity index is 637. The average molecular weight is 336 g/mol. The number of halogens is 2. The average Bonchev–Trinajstić information content (AvgIpc) is 2.49. The first-order valence-corrected chi connectivity index (χ1v) is 7.12. The number of carbonyl (C=O) groups excluding carboxylic acids is 1. The molecule has 22 heavy (non-hydrogen) atoms. The monoisotopic (exact) mass is 335 g/mol. The van der Waals surface area contributed by atoms with E-state index in [0.717, 1.165) is 0 Å². The molecule has 114 valence electrons. The van der Waals surface area contributed by atoms with E-state index in [2.05, 4.69) is 18.5 Å². The second-order valence-electron chi connectivity index (χ2n) is 4.24. The summed E-state index contributed by atoms with van der Waals surface area (Å²) in [6.45, 7) is 8.23. The predicted octanol–water partition coefficient (Wildman–Crippen LogP) is 4.01. The number of rotatable bonds is 7. The lowest BCUT2D eigenvalue weighted by Gasteiger charge is -2.16. The number of nitriles is 1. The SMILES string of the molecule is C=CCN(/C=C(/C#N)C(=O)Nc1cccc(Cl)c1Cl)CC=C. The highest BCUT2D eigenvalue weighted by molar-refractivity contribution is 6.44. The molecule has 0 aromatic heterocycles. The van der Waals surface area contributed by atoms with Crippen molar-refractivity contribution in [2.45, 2.75) is 0 Å². The van der Waals surface area contributed by atoms with Gasteiger partial charge in [-0.2, -0.15) is 5.26 Å². The Morgan fingerprint density at radius 1 is 1.32 bits per heavy atom. The van der Waals surface area contributed by atoms with Gasteiger partial charge in [0.1, 0.15) is 11.6 Å². The first-order chi connectivity index (χ1) is 10.5. The number of hydrogen-bond acceptors (Lipinski definition) is 3. The van der Waals surface area contributed by atoms with Crippen LogP contribution >= 0.6 is 23.2 Å². The number of anilines is 1. The number of nitrogens with one attached hydrogen (secondary N) is 1. The summed E-state index contributed by atoms with van der Waals surface area (Å²) >= 11 is 11.9. The Kier molecular flexibility index (Phi) is 7.24. The highest BCUT2D eigenvalue weighted by Crippen LogP contribution is 2.29. The molecule has 0 bridgehead atoms. The molecule has 0 aliphatic heterocycles. The van der Waals surface area contributed by atoms with E-state index in [1.54, 1.807) is 35.3 Å². The van der Waals surface area contributed by atoms with Gasteiger partial charge < -0.3 is 10.2 Å². The van der Waals surface area contributed by atoms with Gasteiger partial charge in [-0.05, 0) is 12.1 Å². The van der Waals surface area contributed by atoms with Crippen LogP contribution in [0.15, 0.2) is 55.3 Å². The van der Waals surface area contributed by atoms with Crippen LogP contribution in [0.3, 0.4) is 0 Å². The summed E-state index contributed by atoms with van der Waals surface area (Å²) in [4.78, 5) is 13.9. The second kappa shape index (κ2) is 8.93. The number of nitrogens with zero attached hydrogens (tertiary/aromatic N) is 2. The van der Waals surface area contributed by atoms with Crippen molar-refractivity contribution < 1.29 is 4.79 Å². The summed E-state index contributed by atoms with van der Waals surface area (Å²) in [7, 11) is 0. The van der Waals surface area contributed by atoms with E-state index in [4.69, 9.17) is 28.5 Å². The first-order valence-electron chi connectivity index (χ1n) is 6.36. The van der Waals surface area contributed by atoms with Crippen LogP contribution in [0.1, 0.15) is 0 Å². The van der Waals surface area contributed by atoms with Crippen molar-refractivity contribution in [2.75, 3.05) is 18.4 Å². The highest BCUT2D eigenvalue weighted by Gasteiger charge is 2.13. The minimum absolute atomic E-state index is 0.0558. The van der Waals surface area contributed by atoms with Gasteiger partial charge in [0.15, 0.2) is 0 Å². The minimum atomic E-state index is -0.565. The molecule has 6 heteroatoms. The Morgan fingerprint density at radius 2 is 1.95 bits per heavy atom. The lowest BCUT2D eigenvalue weighted by molar-refractivity contribution is -0.112. The van der Waals surface area contributed by atoms with Gasteiger partial charge in [0.2, 0.25) is 0 Å². The van der Waals surface area contributed by atoms with E-state index in [1.807, 2.05) is 6.07 Å². The van der Waals surface area contributed by atoms with E-state index in [0.29, 0.717) is 23.8 Å². The maximum absolute atomic E-state index is 12.2. The summed E-state index contributed by atoms with van der Waals surface area (Å²) in [5.74, 6) is -0.565. The van der Waals surface area contributed by atoms with Crippen LogP contribution in [-0.2, 0) is 4.79 Å². The van der Waals surface area contributed by atoms with Gasteiger partial charge in [0, 0.05) is 19.3 Å². The number of benzene rings is 1. The van der Waals surface area contributed by atoms with Crippen LogP contribution in [0.25, 0.3) is 0 Å². The molecule has 0 saturated carbocycles. The number of hydrogen-bond donors (Lipinski definition) is 1. The minimum Gasteiger partial charge on any atom is -0.369 e. The molecule has 0 aliphatic carbocycles. The second-order valence-corrected chi connectivity index (χ2v) is 5.03. The van der Waals surface area contributed by atoms with Gasteiger partial charge in [-0.15, -0.1) is 13.2 Å². The quantitative estimate of drug-likeness (QED) is 0.465. The molecule has 0 atom stereocenters. The van der Waals surface area contributed by atoms with Crippen LogP contribution in [-0.4, -0.2) is 23.9 Å². The van der Waals surface area contributed by atoms with Gasteiger partial charge >= 0.3 is 0 Å². The van der Waals surface area contributed by atoms with Crippen LogP contribution < -0.4 is 5.32 Å². The molecule has 1 aromatic carbocycles. The fourth-order valence-corrected chi connectivity index (χ4v) is 1.97. The van der Waals surface area contributed by atoms with Crippen molar-refractivity contribution in [3.8, 4) is 6.07 Å². The molecule has 0 heterocycles. The van der Waals surface area contributed by atoms with Crippen LogP contribution in [0.5, 0.6) is 0 Å². The van der Waals surface area contributed by atoms with Crippen molar-refractivity contribution in [1.29, 1.82) is 5.26 Å². The van der Waals surface area contributed by atoms with E-state index < -0.39 is 5.91 Å². The van der Waals surface area contributed by atoms with E-state index in [9.17, 15) is 4.79 Å². The lowest BCUT2D eigenvalue weighted by atomic mass is 10.2. The van der Waals surface area contributed by atoms with E-state index >= 15 is 0 Å². The normalized spacial score (nSPS) is 10.5. The molecule has 1 rings (SSSR count). The molecule has 1 amide bonds. The number of amides is 1. The standard InChI is InChI=1S/C16H15Cl2N3O/c1-3-8-21(9-4-2)11-12(10-19)16(22)20-14-7-5-6-13(17)15(14)18/h3-7,11H,1-2,8-9H2,(H,20,22)/b12-11-. The number of carbonyl (C=O) groups is 1. The molecule has 0 spiro atoms. The fourth-order valence-electron chi connectivity index (χ4n) is 1.62. The zero-order chi connectivity index (χ0) is 16.5.